The molecule has 0 spiro atoms. The van der Waals surface area contributed by atoms with Crippen LogP contribution in [0.5, 0.6) is 5.75 Å². The second-order valence-corrected chi connectivity index (χ2v) is 7.35. The molecule has 0 saturated heterocycles. The molecule has 1 saturated carbocycles. The van der Waals surface area contributed by atoms with Crippen LogP contribution in [0.1, 0.15) is 37.7 Å². The molecule has 0 atom stereocenters. The van der Waals surface area contributed by atoms with Crippen LogP contribution in [0.2, 0.25) is 0 Å². The van der Waals surface area contributed by atoms with Gasteiger partial charge in [0.2, 0.25) is 5.91 Å². The minimum absolute atomic E-state index is 0.0171. The Hall–Kier alpha value is -1.67. The van der Waals surface area contributed by atoms with Crippen molar-refractivity contribution in [1.82, 2.24) is 16.2 Å². The Kier molecular flexibility index (Phi) is 7.64. The first kappa shape index (κ1) is 19.7. The van der Waals surface area contributed by atoms with Gasteiger partial charge in [-0.3, -0.25) is 25.8 Å². The molecule has 1 fully saturated rings. The Morgan fingerprint density at radius 1 is 1.24 bits per heavy atom. The molecule has 0 heterocycles. The average Bonchev–Trinajstić information content (AvgIpc) is 2.59. The van der Waals surface area contributed by atoms with Gasteiger partial charge in [-0.1, -0.05) is 35.2 Å². The summed E-state index contributed by atoms with van der Waals surface area (Å²) in [5.41, 5.74) is 6.04. The molecule has 3 N–H and O–H groups in total. The van der Waals surface area contributed by atoms with E-state index in [1.165, 1.54) is 6.42 Å². The van der Waals surface area contributed by atoms with E-state index in [0.29, 0.717) is 5.75 Å². The van der Waals surface area contributed by atoms with Gasteiger partial charge in [0.1, 0.15) is 5.75 Å². The molecule has 6 nitrogen and oxygen atoms in total. The molecule has 0 aromatic heterocycles. The molecular formula is C17H22BrN3O3S. The second-order valence-electron chi connectivity index (χ2n) is 6.02. The van der Waals surface area contributed by atoms with E-state index in [1.807, 2.05) is 19.1 Å². The number of hydrazine groups is 1. The molecule has 2 rings (SSSR count). The number of carbonyl (C=O) groups is 2. The van der Waals surface area contributed by atoms with Crippen LogP contribution < -0.4 is 20.9 Å². The number of hydrogen-bond donors (Lipinski definition) is 3. The quantitative estimate of drug-likeness (QED) is 0.508. The number of benzene rings is 1. The van der Waals surface area contributed by atoms with E-state index in [4.69, 9.17) is 17.0 Å². The molecule has 1 aliphatic carbocycles. The van der Waals surface area contributed by atoms with Crippen molar-refractivity contribution in [3.8, 4) is 5.75 Å². The van der Waals surface area contributed by atoms with Crippen molar-refractivity contribution >= 4 is 45.1 Å². The molecule has 2 amide bonds. The van der Waals surface area contributed by atoms with Crippen molar-refractivity contribution in [2.45, 2.75) is 39.0 Å². The van der Waals surface area contributed by atoms with E-state index in [-0.39, 0.29) is 23.5 Å². The number of carbonyl (C=O) groups excluding carboxylic acids is 2. The van der Waals surface area contributed by atoms with Crippen LogP contribution in [0.15, 0.2) is 22.7 Å². The smallest absolute Gasteiger partial charge is 0.264 e. The molecule has 25 heavy (non-hydrogen) atoms. The van der Waals surface area contributed by atoms with Crippen molar-refractivity contribution in [3.05, 3.63) is 28.2 Å². The molecule has 0 radical (unpaired) electrons. The summed E-state index contributed by atoms with van der Waals surface area (Å²) in [7, 11) is 0. The van der Waals surface area contributed by atoms with E-state index in [9.17, 15) is 9.59 Å². The Balaban J connectivity index is 1.69. The number of halogens is 1. The number of aryl methyl sites for hydroxylation is 1. The maximum absolute atomic E-state index is 12.0. The van der Waals surface area contributed by atoms with Crippen molar-refractivity contribution in [2.75, 3.05) is 6.61 Å². The Bertz CT molecular complexity index is 648. The fraction of sp³-hybridized carbons (Fsp3) is 0.471. The minimum atomic E-state index is -0.397. The summed E-state index contributed by atoms with van der Waals surface area (Å²) in [4.78, 5) is 23.9. The zero-order chi connectivity index (χ0) is 18.2. The number of hydrogen-bond acceptors (Lipinski definition) is 4. The first-order chi connectivity index (χ1) is 12.0. The van der Waals surface area contributed by atoms with Gasteiger partial charge in [0, 0.05) is 10.4 Å². The van der Waals surface area contributed by atoms with Gasteiger partial charge < -0.3 is 4.74 Å². The highest BCUT2D eigenvalue weighted by Crippen LogP contribution is 2.23. The molecule has 0 aliphatic heterocycles. The van der Waals surface area contributed by atoms with Gasteiger partial charge in [0.05, 0.1) is 0 Å². The number of ether oxygens (including phenoxy) is 1. The monoisotopic (exact) mass is 427 g/mol. The lowest BCUT2D eigenvalue weighted by molar-refractivity contribution is -0.126. The van der Waals surface area contributed by atoms with Crippen LogP contribution in [0.4, 0.5) is 0 Å². The summed E-state index contributed by atoms with van der Waals surface area (Å²) in [5, 5.41) is 2.52. The van der Waals surface area contributed by atoms with Crippen LogP contribution in [0.3, 0.4) is 0 Å². The largest absolute Gasteiger partial charge is 0.483 e. The normalized spacial score (nSPS) is 14.5. The van der Waals surface area contributed by atoms with Crippen molar-refractivity contribution < 1.29 is 14.3 Å². The maximum Gasteiger partial charge on any atom is 0.264 e. The lowest BCUT2D eigenvalue weighted by atomic mass is 9.89. The van der Waals surface area contributed by atoms with E-state index in [2.05, 4.69) is 32.1 Å². The molecule has 136 valence electrons. The van der Waals surface area contributed by atoms with Crippen molar-refractivity contribution in [1.29, 1.82) is 0 Å². The van der Waals surface area contributed by atoms with Crippen LogP contribution in [-0.4, -0.2) is 23.5 Å². The second kappa shape index (κ2) is 9.72. The van der Waals surface area contributed by atoms with Crippen molar-refractivity contribution in [2.24, 2.45) is 5.92 Å². The van der Waals surface area contributed by atoms with Crippen LogP contribution in [-0.2, 0) is 9.59 Å². The van der Waals surface area contributed by atoms with Crippen LogP contribution in [0.25, 0.3) is 0 Å². The van der Waals surface area contributed by atoms with Gasteiger partial charge in [-0.05, 0) is 55.7 Å². The van der Waals surface area contributed by atoms with Crippen LogP contribution in [0, 0.1) is 12.8 Å². The first-order valence-electron chi connectivity index (χ1n) is 8.24. The lowest BCUT2D eigenvalue weighted by Gasteiger charge is -2.21. The zero-order valence-corrected chi connectivity index (χ0v) is 16.5. The third-order valence-electron chi connectivity index (χ3n) is 4.02. The molecule has 1 aliphatic rings. The van der Waals surface area contributed by atoms with Crippen LogP contribution >= 0.6 is 28.1 Å². The predicted octanol–water partition coefficient (Wildman–Crippen LogP) is 2.74. The number of rotatable bonds is 4. The average molecular weight is 428 g/mol. The van der Waals surface area contributed by atoms with Crippen molar-refractivity contribution in [3.63, 3.8) is 0 Å². The molecule has 8 heteroatoms. The molecular weight excluding hydrogens is 406 g/mol. The summed E-state index contributed by atoms with van der Waals surface area (Å²) < 4.78 is 6.41. The summed E-state index contributed by atoms with van der Waals surface area (Å²) in [6.45, 7) is 1.73. The van der Waals surface area contributed by atoms with Gasteiger partial charge in [-0.15, -0.1) is 0 Å². The molecule has 1 aromatic rings. The minimum Gasteiger partial charge on any atom is -0.483 e. The number of thiocarbonyl (C=S) groups is 1. The van der Waals surface area contributed by atoms with Gasteiger partial charge in [-0.25, -0.2) is 0 Å². The van der Waals surface area contributed by atoms with Gasteiger partial charge in [0.15, 0.2) is 11.7 Å². The standard InChI is InChI=1S/C17H22BrN3O3S/c1-11-9-13(18)7-8-14(11)24-10-15(22)19-17(25)21-20-16(23)12-5-3-2-4-6-12/h7-9,12H,2-6,10H2,1H3,(H,20,23)(H2,19,21,22,25). The Morgan fingerprint density at radius 2 is 1.96 bits per heavy atom. The summed E-state index contributed by atoms with van der Waals surface area (Å²) >= 11 is 8.38. The van der Waals surface area contributed by atoms with E-state index >= 15 is 0 Å². The summed E-state index contributed by atoms with van der Waals surface area (Å²) in [6, 6.07) is 5.53. The lowest BCUT2D eigenvalue weighted by Crippen LogP contribution is -2.51. The first-order valence-corrected chi connectivity index (χ1v) is 9.44. The third kappa shape index (κ3) is 6.62. The number of nitrogens with one attached hydrogen (secondary N) is 3. The molecule has 0 bridgehead atoms. The van der Waals surface area contributed by atoms with E-state index < -0.39 is 5.91 Å². The van der Waals surface area contributed by atoms with Gasteiger partial charge in [0.25, 0.3) is 5.91 Å². The van der Waals surface area contributed by atoms with E-state index in [1.54, 1.807) is 6.07 Å². The fourth-order valence-corrected chi connectivity index (χ4v) is 3.34. The highest BCUT2D eigenvalue weighted by molar-refractivity contribution is 9.10. The van der Waals surface area contributed by atoms with Gasteiger partial charge >= 0.3 is 0 Å². The highest BCUT2D eigenvalue weighted by atomic mass is 79.9. The Labute approximate surface area is 161 Å². The molecule has 1 aromatic carbocycles. The summed E-state index contributed by atoms with van der Waals surface area (Å²) in [5.74, 6) is 0.163. The predicted molar refractivity (Wildman–Crippen MR) is 103 cm³/mol. The third-order valence-corrected chi connectivity index (χ3v) is 4.72. The summed E-state index contributed by atoms with van der Waals surface area (Å²) in [6.07, 6.45) is 5.13. The van der Waals surface area contributed by atoms with E-state index in [0.717, 1.165) is 35.7 Å². The maximum atomic E-state index is 12.0. The number of amides is 2. The SMILES string of the molecule is Cc1cc(Br)ccc1OCC(=O)NC(=S)NNC(=O)C1CCCCC1. The Morgan fingerprint density at radius 3 is 2.64 bits per heavy atom. The van der Waals surface area contributed by atoms with Gasteiger partial charge in [-0.2, -0.15) is 0 Å². The molecule has 0 unspecified atom stereocenters. The topological polar surface area (TPSA) is 79.5 Å². The fourth-order valence-electron chi connectivity index (χ4n) is 2.70. The zero-order valence-electron chi connectivity index (χ0n) is 14.1. The highest BCUT2D eigenvalue weighted by Gasteiger charge is 2.21.